The zero-order chi connectivity index (χ0) is 19.1. The summed E-state index contributed by atoms with van der Waals surface area (Å²) in [5, 5.41) is 9.49. The van der Waals surface area contributed by atoms with Crippen LogP contribution in [0, 0.1) is 0 Å². The Morgan fingerprint density at radius 1 is 1.18 bits per heavy atom. The molecule has 0 unspecified atom stereocenters. The summed E-state index contributed by atoms with van der Waals surface area (Å²) in [4.78, 5) is 5.94. The van der Waals surface area contributed by atoms with Gasteiger partial charge in [-0.15, -0.1) is 11.8 Å². The van der Waals surface area contributed by atoms with E-state index in [2.05, 4.69) is 65.3 Å². The van der Waals surface area contributed by atoms with Gasteiger partial charge in [-0.3, -0.25) is 4.98 Å². The lowest BCUT2D eigenvalue weighted by Gasteiger charge is -2.28. The zero-order valence-electron chi connectivity index (χ0n) is 16.2. The third kappa shape index (κ3) is 3.42. The van der Waals surface area contributed by atoms with Crippen LogP contribution >= 0.6 is 19.7 Å². The van der Waals surface area contributed by atoms with E-state index in [-0.39, 0.29) is 7.92 Å². The highest BCUT2D eigenvalue weighted by atomic mass is 32.2. The summed E-state index contributed by atoms with van der Waals surface area (Å²) >= 11 is 1.84. The van der Waals surface area contributed by atoms with Gasteiger partial charge in [0.1, 0.15) is 5.75 Å². The molecule has 6 heteroatoms. The van der Waals surface area contributed by atoms with Gasteiger partial charge in [-0.1, -0.05) is 7.92 Å². The molecule has 2 heterocycles. The molecule has 1 aliphatic heterocycles. The standard InChI is InChI=1S/C22H24N3OPS/c1-27(2)21-11-16-17(25-14-6-7-22-19(10-14)24-13-28-22)8-9-23-18(16)12-20(21)26-15-4-3-5-15/h6-12,15,24H,3-5,13H2,1-2H3,(H,23,25). The molecule has 0 spiro atoms. The monoisotopic (exact) mass is 409 g/mol. The Morgan fingerprint density at radius 3 is 2.86 bits per heavy atom. The second-order valence-electron chi connectivity index (χ2n) is 7.56. The molecule has 0 atom stereocenters. The van der Waals surface area contributed by atoms with Gasteiger partial charge in [0.25, 0.3) is 0 Å². The molecule has 1 fully saturated rings. The lowest BCUT2D eigenvalue weighted by Crippen LogP contribution is -2.26. The molecule has 2 N–H and O–H groups in total. The van der Waals surface area contributed by atoms with Crippen molar-refractivity contribution in [3.63, 3.8) is 0 Å². The number of anilines is 3. The van der Waals surface area contributed by atoms with Crippen LogP contribution in [0.1, 0.15) is 19.3 Å². The van der Waals surface area contributed by atoms with Gasteiger partial charge >= 0.3 is 0 Å². The molecule has 2 aliphatic rings. The van der Waals surface area contributed by atoms with Crippen LogP contribution in [-0.2, 0) is 0 Å². The van der Waals surface area contributed by atoms with E-state index in [1.54, 1.807) is 0 Å². The fraction of sp³-hybridized carbons (Fsp3) is 0.318. The summed E-state index contributed by atoms with van der Waals surface area (Å²) < 4.78 is 6.30. The van der Waals surface area contributed by atoms with Crippen LogP contribution in [0.4, 0.5) is 17.1 Å². The van der Waals surface area contributed by atoms with Crippen molar-refractivity contribution in [1.82, 2.24) is 4.98 Å². The average Bonchev–Trinajstić information content (AvgIpc) is 3.12. The van der Waals surface area contributed by atoms with Gasteiger partial charge in [-0.05, 0) is 62.9 Å². The number of rotatable bonds is 5. The molecule has 0 bridgehead atoms. The van der Waals surface area contributed by atoms with E-state index in [4.69, 9.17) is 4.74 Å². The van der Waals surface area contributed by atoms with Crippen LogP contribution in [0.3, 0.4) is 0 Å². The third-order valence-electron chi connectivity index (χ3n) is 5.40. The topological polar surface area (TPSA) is 46.2 Å². The molecule has 28 heavy (non-hydrogen) atoms. The molecule has 1 saturated carbocycles. The molecule has 4 nitrogen and oxygen atoms in total. The number of thioether (sulfide) groups is 1. The number of ether oxygens (including phenoxy) is 1. The molecular weight excluding hydrogens is 385 g/mol. The fourth-order valence-electron chi connectivity index (χ4n) is 3.60. The molecule has 5 rings (SSSR count). The maximum atomic E-state index is 6.30. The van der Waals surface area contributed by atoms with E-state index in [0.29, 0.717) is 6.10 Å². The first-order valence-corrected chi connectivity index (χ1v) is 12.9. The lowest BCUT2D eigenvalue weighted by atomic mass is 9.96. The summed E-state index contributed by atoms with van der Waals surface area (Å²) in [7, 11) is -0.270. The first kappa shape index (κ1) is 18.1. The van der Waals surface area contributed by atoms with Crippen molar-refractivity contribution in [2.45, 2.75) is 30.3 Å². The first-order valence-electron chi connectivity index (χ1n) is 9.72. The minimum absolute atomic E-state index is 0.270. The highest BCUT2D eigenvalue weighted by Crippen LogP contribution is 2.38. The maximum absolute atomic E-state index is 6.30. The first-order chi connectivity index (χ1) is 13.7. The number of aromatic nitrogens is 1. The van der Waals surface area contributed by atoms with Crippen LogP contribution in [-0.4, -0.2) is 30.3 Å². The molecule has 144 valence electrons. The number of nitrogens with one attached hydrogen (secondary N) is 2. The second kappa shape index (κ2) is 7.46. The predicted molar refractivity (Wildman–Crippen MR) is 122 cm³/mol. The van der Waals surface area contributed by atoms with Crippen LogP contribution in [0.5, 0.6) is 5.75 Å². The molecule has 1 aliphatic carbocycles. The highest BCUT2D eigenvalue weighted by molar-refractivity contribution is 7.99. The summed E-state index contributed by atoms with van der Waals surface area (Å²) in [5.41, 5.74) is 4.36. The number of hydrogen-bond acceptors (Lipinski definition) is 5. The summed E-state index contributed by atoms with van der Waals surface area (Å²) in [6, 6.07) is 13.0. The lowest BCUT2D eigenvalue weighted by molar-refractivity contribution is 0.122. The molecule has 3 aromatic rings. The molecule has 0 radical (unpaired) electrons. The summed E-state index contributed by atoms with van der Waals surface area (Å²) in [6.07, 6.45) is 5.87. The number of benzene rings is 2. The van der Waals surface area contributed by atoms with Gasteiger partial charge in [0, 0.05) is 39.2 Å². The van der Waals surface area contributed by atoms with Gasteiger partial charge < -0.3 is 15.4 Å². The molecule has 0 saturated heterocycles. The zero-order valence-corrected chi connectivity index (χ0v) is 17.9. The minimum Gasteiger partial charge on any atom is -0.490 e. The van der Waals surface area contributed by atoms with Gasteiger partial charge in [0.2, 0.25) is 0 Å². The Bertz CT molecular complexity index is 1040. The van der Waals surface area contributed by atoms with Crippen molar-refractivity contribution in [2.75, 3.05) is 29.8 Å². The minimum atomic E-state index is -0.270. The molecule has 0 amide bonds. The Labute approximate surface area is 171 Å². The average molecular weight is 409 g/mol. The summed E-state index contributed by atoms with van der Waals surface area (Å²) in [6.45, 7) is 4.58. The van der Waals surface area contributed by atoms with Crippen LogP contribution in [0.2, 0.25) is 0 Å². The van der Waals surface area contributed by atoms with Crippen molar-refractivity contribution in [3.05, 3.63) is 42.6 Å². The number of hydrogen-bond donors (Lipinski definition) is 2. The van der Waals surface area contributed by atoms with Crippen LogP contribution in [0.25, 0.3) is 10.9 Å². The molecule has 2 aromatic carbocycles. The van der Waals surface area contributed by atoms with Crippen molar-refractivity contribution >= 4 is 53.0 Å². The van der Waals surface area contributed by atoms with E-state index >= 15 is 0 Å². The Hall–Kier alpha value is -1.97. The quantitative estimate of drug-likeness (QED) is 0.525. The number of pyridine rings is 1. The largest absolute Gasteiger partial charge is 0.490 e. The second-order valence-corrected chi connectivity index (χ2v) is 10.9. The fourth-order valence-corrected chi connectivity index (χ4v) is 5.38. The van der Waals surface area contributed by atoms with Gasteiger partial charge in [-0.2, -0.15) is 0 Å². The SMILES string of the molecule is CP(C)c1cc2c(Nc3ccc4c(c3)NCS4)ccnc2cc1OC1CCC1. The molecular formula is C22H24N3OPS. The normalized spacial score (nSPS) is 16.0. The molecule has 1 aromatic heterocycles. The Balaban J connectivity index is 1.52. The smallest absolute Gasteiger partial charge is 0.129 e. The van der Waals surface area contributed by atoms with Gasteiger partial charge in [0.05, 0.1) is 23.2 Å². The van der Waals surface area contributed by atoms with E-state index in [0.717, 1.165) is 33.9 Å². The summed E-state index contributed by atoms with van der Waals surface area (Å²) in [5.74, 6) is 1.97. The van der Waals surface area contributed by atoms with Gasteiger partial charge in [-0.25, -0.2) is 0 Å². The maximum Gasteiger partial charge on any atom is 0.129 e. The van der Waals surface area contributed by atoms with E-state index in [1.807, 2.05) is 18.0 Å². The van der Waals surface area contributed by atoms with E-state index < -0.39 is 0 Å². The Kier molecular flexibility index (Phi) is 4.82. The van der Waals surface area contributed by atoms with Crippen molar-refractivity contribution < 1.29 is 4.74 Å². The third-order valence-corrected chi connectivity index (χ3v) is 7.67. The van der Waals surface area contributed by atoms with Crippen molar-refractivity contribution in [1.29, 1.82) is 0 Å². The highest BCUT2D eigenvalue weighted by Gasteiger charge is 2.22. The number of nitrogens with zero attached hydrogens (tertiary/aromatic N) is 1. The van der Waals surface area contributed by atoms with Crippen molar-refractivity contribution in [3.8, 4) is 5.75 Å². The van der Waals surface area contributed by atoms with E-state index in [1.165, 1.54) is 35.1 Å². The van der Waals surface area contributed by atoms with Crippen LogP contribution < -0.4 is 20.7 Å². The van der Waals surface area contributed by atoms with E-state index in [9.17, 15) is 0 Å². The number of fused-ring (bicyclic) bond motifs is 2. The van der Waals surface area contributed by atoms with Crippen molar-refractivity contribution in [2.24, 2.45) is 0 Å². The van der Waals surface area contributed by atoms with Gasteiger partial charge in [0.15, 0.2) is 0 Å². The predicted octanol–water partition coefficient (Wildman–Crippen LogP) is 5.75. The Morgan fingerprint density at radius 2 is 2.07 bits per heavy atom. The van der Waals surface area contributed by atoms with Crippen LogP contribution in [0.15, 0.2) is 47.5 Å².